The van der Waals surface area contributed by atoms with Crippen molar-refractivity contribution in [3.8, 4) is 0 Å². The predicted molar refractivity (Wildman–Crippen MR) is 37.8 cm³/mol. The van der Waals surface area contributed by atoms with E-state index in [9.17, 15) is 0 Å². The van der Waals surface area contributed by atoms with Crippen LogP contribution in [0.25, 0.3) is 0 Å². The molecule has 0 saturated carbocycles. The molecule has 0 unspecified atom stereocenters. The summed E-state index contributed by atoms with van der Waals surface area (Å²) in [7, 11) is 0. The van der Waals surface area contributed by atoms with Crippen LogP contribution in [0.1, 0.15) is 5.56 Å². The van der Waals surface area contributed by atoms with Gasteiger partial charge in [-0.3, -0.25) is 5.84 Å². The van der Waals surface area contributed by atoms with Crippen LogP contribution in [0.5, 0.6) is 0 Å². The molecule has 0 aliphatic rings. The number of nitrogens with one attached hydrogen (secondary N) is 1. The van der Waals surface area contributed by atoms with Gasteiger partial charge in [0.15, 0.2) is 0 Å². The molecule has 0 heterocycles. The quantitative estimate of drug-likeness (QED) is 0.413. The molecule has 1 radical (unpaired) electrons. The molecule has 3 heteroatoms. The van der Waals surface area contributed by atoms with Crippen molar-refractivity contribution in [2.24, 2.45) is 5.84 Å². The first-order chi connectivity index (χ1) is 4.33. The minimum absolute atomic E-state index is 0. The van der Waals surface area contributed by atoms with Gasteiger partial charge < -0.3 is 5.43 Å². The minimum Gasteiger partial charge on any atom is -0.378 e. The number of rotatable bonds is 1. The SMILES string of the molecule is Cc1[c-]cc(NN)cc1.[Y]. The number of nitrogens with two attached hydrogens (primary N) is 1. The summed E-state index contributed by atoms with van der Waals surface area (Å²) in [5.41, 5.74) is 4.53. The monoisotopic (exact) mass is 210 g/mol. The summed E-state index contributed by atoms with van der Waals surface area (Å²) >= 11 is 0. The van der Waals surface area contributed by atoms with E-state index >= 15 is 0 Å². The van der Waals surface area contributed by atoms with E-state index in [1.807, 2.05) is 25.1 Å². The molecule has 51 valence electrons. The van der Waals surface area contributed by atoms with Crippen LogP contribution in [0, 0.1) is 13.0 Å². The first-order valence-corrected chi connectivity index (χ1v) is 2.78. The average Bonchev–Trinajstić information content (AvgIpc) is 1.90. The summed E-state index contributed by atoms with van der Waals surface area (Å²) in [5, 5.41) is 0. The standard InChI is InChI=1S/C7H9N2.Y/c1-6-2-4-7(9-8)5-3-6;/h2,4-5,9H,8H2,1H3;/q-1;. The van der Waals surface area contributed by atoms with Crippen LogP contribution in [0.2, 0.25) is 0 Å². The van der Waals surface area contributed by atoms with Gasteiger partial charge in [-0.15, -0.1) is 6.07 Å². The van der Waals surface area contributed by atoms with Gasteiger partial charge in [0.05, 0.1) is 0 Å². The second-order valence-corrected chi connectivity index (χ2v) is 1.90. The van der Waals surface area contributed by atoms with Crippen LogP contribution in [-0.2, 0) is 32.7 Å². The zero-order valence-corrected chi connectivity index (χ0v) is 8.73. The largest absolute Gasteiger partial charge is 0.378 e. The molecule has 1 aromatic carbocycles. The topological polar surface area (TPSA) is 38.0 Å². The molecule has 10 heavy (non-hydrogen) atoms. The Morgan fingerprint density at radius 2 is 2.20 bits per heavy atom. The average molecular weight is 210 g/mol. The molecule has 2 nitrogen and oxygen atoms in total. The second kappa shape index (κ2) is 4.83. The fourth-order valence-electron chi connectivity index (χ4n) is 0.592. The third-order valence-corrected chi connectivity index (χ3v) is 1.13. The fourth-order valence-corrected chi connectivity index (χ4v) is 0.592. The van der Waals surface area contributed by atoms with E-state index in [1.54, 1.807) is 0 Å². The minimum atomic E-state index is 0. The van der Waals surface area contributed by atoms with E-state index in [0.29, 0.717) is 0 Å². The summed E-state index contributed by atoms with van der Waals surface area (Å²) in [6, 6.07) is 8.69. The number of anilines is 1. The number of aryl methyl sites for hydroxylation is 1. The first kappa shape index (κ1) is 10.1. The van der Waals surface area contributed by atoms with Crippen LogP contribution in [0.15, 0.2) is 18.2 Å². The van der Waals surface area contributed by atoms with Crippen molar-refractivity contribution in [1.29, 1.82) is 0 Å². The van der Waals surface area contributed by atoms with Gasteiger partial charge in [-0.2, -0.15) is 23.8 Å². The molecule has 0 atom stereocenters. The third-order valence-electron chi connectivity index (χ3n) is 1.13. The zero-order valence-electron chi connectivity index (χ0n) is 5.89. The van der Waals surface area contributed by atoms with E-state index in [4.69, 9.17) is 5.84 Å². The van der Waals surface area contributed by atoms with Crippen LogP contribution in [0.4, 0.5) is 5.69 Å². The van der Waals surface area contributed by atoms with Crippen LogP contribution < -0.4 is 11.3 Å². The van der Waals surface area contributed by atoms with Crippen molar-refractivity contribution in [1.82, 2.24) is 0 Å². The Hall–Kier alpha value is 0.0839. The van der Waals surface area contributed by atoms with Gasteiger partial charge in [-0.1, -0.05) is 12.6 Å². The number of benzene rings is 1. The van der Waals surface area contributed by atoms with Crippen LogP contribution in [-0.4, -0.2) is 0 Å². The molecular formula is C7H9N2Y-. The Bertz CT molecular complexity index is 183. The molecule has 0 fully saturated rings. The van der Waals surface area contributed by atoms with E-state index in [0.717, 1.165) is 11.3 Å². The molecule has 3 N–H and O–H groups in total. The van der Waals surface area contributed by atoms with E-state index in [2.05, 4.69) is 11.5 Å². The number of nitrogen functional groups attached to an aromatic ring is 1. The summed E-state index contributed by atoms with van der Waals surface area (Å²) in [6.07, 6.45) is 0. The molecule has 0 saturated heterocycles. The number of hydrogen-bond donors (Lipinski definition) is 2. The van der Waals surface area contributed by atoms with Crippen molar-refractivity contribution < 1.29 is 32.7 Å². The van der Waals surface area contributed by atoms with Crippen molar-refractivity contribution in [3.05, 3.63) is 29.8 Å². The van der Waals surface area contributed by atoms with E-state index in [1.165, 1.54) is 0 Å². The molecule has 1 aromatic rings. The summed E-state index contributed by atoms with van der Waals surface area (Å²) in [5.74, 6) is 5.13. The summed E-state index contributed by atoms with van der Waals surface area (Å²) in [6.45, 7) is 1.99. The van der Waals surface area contributed by atoms with Crippen molar-refractivity contribution >= 4 is 5.69 Å². The second-order valence-electron chi connectivity index (χ2n) is 1.90. The zero-order chi connectivity index (χ0) is 6.69. The first-order valence-electron chi connectivity index (χ1n) is 2.78. The van der Waals surface area contributed by atoms with E-state index < -0.39 is 0 Å². The Balaban J connectivity index is 0.000000810. The Morgan fingerprint density at radius 1 is 1.50 bits per heavy atom. The molecule has 0 spiro atoms. The Labute approximate surface area is 86.0 Å². The Morgan fingerprint density at radius 3 is 2.60 bits per heavy atom. The molecule has 0 aliphatic carbocycles. The molecule has 0 bridgehead atoms. The molecule has 0 amide bonds. The normalized spacial score (nSPS) is 8.20. The molecule has 0 aliphatic heterocycles. The molecular weight excluding hydrogens is 201 g/mol. The van der Waals surface area contributed by atoms with Gasteiger partial charge in [0.2, 0.25) is 0 Å². The predicted octanol–water partition coefficient (Wildman–Crippen LogP) is 1.08. The van der Waals surface area contributed by atoms with Crippen LogP contribution in [0.3, 0.4) is 0 Å². The third kappa shape index (κ3) is 2.78. The van der Waals surface area contributed by atoms with E-state index in [-0.39, 0.29) is 32.7 Å². The maximum atomic E-state index is 5.13. The fraction of sp³-hybridized carbons (Fsp3) is 0.143. The van der Waals surface area contributed by atoms with Crippen LogP contribution >= 0.6 is 0 Å². The van der Waals surface area contributed by atoms with Crippen molar-refractivity contribution in [2.45, 2.75) is 6.92 Å². The van der Waals surface area contributed by atoms with Gasteiger partial charge in [0.25, 0.3) is 0 Å². The van der Waals surface area contributed by atoms with Crippen molar-refractivity contribution in [2.75, 3.05) is 5.43 Å². The maximum Gasteiger partial charge on any atom is 0 e. The maximum absolute atomic E-state index is 5.13. The van der Waals surface area contributed by atoms with Gasteiger partial charge in [-0.05, 0) is 0 Å². The molecule has 1 rings (SSSR count). The smallest absolute Gasteiger partial charge is 0 e. The van der Waals surface area contributed by atoms with Gasteiger partial charge >= 0.3 is 0 Å². The Kier molecular flexibility index (Phi) is 4.87. The van der Waals surface area contributed by atoms with Gasteiger partial charge in [0, 0.05) is 32.7 Å². The number of hydrazine groups is 1. The molecule has 0 aromatic heterocycles. The number of hydrogen-bond acceptors (Lipinski definition) is 2. The van der Waals surface area contributed by atoms with Gasteiger partial charge in [-0.25, -0.2) is 0 Å². The summed E-state index contributed by atoms with van der Waals surface area (Å²) in [4.78, 5) is 0. The van der Waals surface area contributed by atoms with Crippen molar-refractivity contribution in [3.63, 3.8) is 0 Å². The van der Waals surface area contributed by atoms with Gasteiger partial charge in [0.1, 0.15) is 0 Å². The summed E-state index contributed by atoms with van der Waals surface area (Å²) < 4.78 is 0.